The van der Waals surface area contributed by atoms with Gasteiger partial charge >= 0.3 is 0 Å². The van der Waals surface area contributed by atoms with Crippen LogP contribution in [0.2, 0.25) is 0 Å². The molecule has 4 rings (SSSR count). The Kier molecular flexibility index (Phi) is 5.16. The number of likely N-dealkylation sites (tertiary alicyclic amines) is 1. The van der Waals surface area contributed by atoms with Gasteiger partial charge in [-0.1, -0.05) is 18.2 Å². The lowest BCUT2D eigenvalue weighted by atomic mass is 9.98. The van der Waals surface area contributed by atoms with Crippen molar-refractivity contribution in [3.8, 4) is 5.69 Å². The highest BCUT2D eigenvalue weighted by Gasteiger charge is 2.20. The number of carbonyl (C=O) groups excluding carboxylic acids is 1. The van der Waals surface area contributed by atoms with E-state index in [1.807, 2.05) is 53.8 Å². The molecular weight excluding hydrogens is 348 g/mol. The Morgan fingerprint density at radius 2 is 1.71 bits per heavy atom. The summed E-state index contributed by atoms with van der Waals surface area (Å²) in [5, 5.41) is 5.86. The number of rotatable bonds is 4. The Morgan fingerprint density at radius 1 is 1.00 bits per heavy atom. The molecular formula is C23H28N4O. The van der Waals surface area contributed by atoms with Crippen molar-refractivity contribution in [3.05, 3.63) is 52.8 Å². The summed E-state index contributed by atoms with van der Waals surface area (Å²) in [7, 11) is 0. The molecule has 0 saturated carbocycles. The van der Waals surface area contributed by atoms with Crippen LogP contribution in [0.25, 0.3) is 16.7 Å². The number of benzene rings is 1. The molecule has 0 unspecified atom stereocenters. The molecule has 1 aliphatic heterocycles. The fraction of sp³-hybridized carbons (Fsp3) is 0.435. The quantitative estimate of drug-likeness (QED) is 0.682. The second kappa shape index (κ2) is 7.74. The van der Waals surface area contributed by atoms with Gasteiger partial charge in [0.15, 0.2) is 5.65 Å². The number of para-hydroxylation sites is 1. The average molecular weight is 377 g/mol. The lowest BCUT2D eigenvalue weighted by molar-refractivity contribution is -0.132. The summed E-state index contributed by atoms with van der Waals surface area (Å²) < 4.78 is 1.92. The number of hydrogen-bond donors (Lipinski definition) is 0. The zero-order valence-corrected chi connectivity index (χ0v) is 17.0. The van der Waals surface area contributed by atoms with Gasteiger partial charge in [-0.05, 0) is 69.7 Å². The predicted molar refractivity (Wildman–Crippen MR) is 112 cm³/mol. The SMILES string of the molecule is Cc1nc2c(c(C)nn2-c2ccccc2)c(C)c1CCC(=O)N1CCCCC1. The normalized spacial score (nSPS) is 14.6. The number of fused-ring (bicyclic) bond motifs is 1. The first-order valence-corrected chi connectivity index (χ1v) is 10.2. The number of carbonyl (C=O) groups is 1. The molecule has 146 valence electrons. The molecule has 0 atom stereocenters. The highest BCUT2D eigenvalue weighted by atomic mass is 16.2. The molecule has 1 saturated heterocycles. The van der Waals surface area contributed by atoms with Crippen LogP contribution in [-0.2, 0) is 11.2 Å². The molecule has 28 heavy (non-hydrogen) atoms. The van der Waals surface area contributed by atoms with E-state index >= 15 is 0 Å². The van der Waals surface area contributed by atoms with Crippen LogP contribution in [0.5, 0.6) is 0 Å². The van der Waals surface area contributed by atoms with Crippen LogP contribution in [0.1, 0.15) is 48.2 Å². The lowest BCUT2D eigenvalue weighted by Gasteiger charge is -2.27. The van der Waals surface area contributed by atoms with Crippen molar-refractivity contribution >= 4 is 16.9 Å². The van der Waals surface area contributed by atoms with Gasteiger partial charge in [-0.3, -0.25) is 4.79 Å². The fourth-order valence-corrected chi connectivity index (χ4v) is 4.36. The molecule has 0 spiro atoms. The first kappa shape index (κ1) is 18.7. The fourth-order valence-electron chi connectivity index (χ4n) is 4.36. The van der Waals surface area contributed by atoms with Crippen LogP contribution in [-0.4, -0.2) is 38.7 Å². The monoisotopic (exact) mass is 376 g/mol. The molecule has 0 N–H and O–H groups in total. The van der Waals surface area contributed by atoms with E-state index in [2.05, 4.69) is 6.92 Å². The summed E-state index contributed by atoms with van der Waals surface area (Å²) in [6, 6.07) is 10.1. The standard InChI is InChI=1S/C23H28N4O/c1-16-20(12-13-21(28)26-14-8-5-9-15-26)17(2)24-23-22(16)18(3)25-27(23)19-10-6-4-7-11-19/h4,6-7,10-11H,5,8-9,12-15H2,1-3H3. The van der Waals surface area contributed by atoms with Crippen LogP contribution in [0, 0.1) is 20.8 Å². The number of pyridine rings is 1. The van der Waals surface area contributed by atoms with Gasteiger partial charge in [0.05, 0.1) is 11.4 Å². The highest BCUT2D eigenvalue weighted by molar-refractivity contribution is 5.85. The van der Waals surface area contributed by atoms with Crippen molar-refractivity contribution in [2.45, 2.75) is 52.9 Å². The highest BCUT2D eigenvalue weighted by Crippen LogP contribution is 2.28. The zero-order chi connectivity index (χ0) is 19.7. The molecule has 2 aromatic heterocycles. The second-order valence-electron chi connectivity index (χ2n) is 7.77. The minimum Gasteiger partial charge on any atom is -0.343 e. The minimum atomic E-state index is 0.273. The smallest absolute Gasteiger partial charge is 0.222 e. The van der Waals surface area contributed by atoms with E-state index in [4.69, 9.17) is 10.1 Å². The number of piperidine rings is 1. The van der Waals surface area contributed by atoms with Crippen LogP contribution < -0.4 is 0 Å². The Bertz CT molecular complexity index is 1000. The van der Waals surface area contributed by atoms with Gasteiger partial charge in [-0.15, -0.1) is 0 Å². The second-order valence-corrected chi connectivity index (χ2v) is 7.77. The molecule has 1 fully saturated rings. The third kappa shape index (κ3) is 3.41. The topological polar surface area (TPSA) is 51.0 Å². The van der Waals surface area contributed by atoms with Crippen molar-refractivity contribution in [2.24, 2.45) is 0 Å². The molecule has 0 bridgehead atoms. The van der Waals surface area contributed by atoms with Crippen molar-refractivity contribution in [1.29, 1.82) is 0 Å². The Labute approximate surface area is 166 Å². The largest absolute Gasteiger partial charge is 0.343 e. The van der Waals surface area contributed by atoms with Gasteiger partial charge in [0.25, 0.3) is 0 Å². The molecule has 0 radical (unpaired) electrons. The molecule has 0 aliphatic carbocycles. The van der Waals surface area contributed by atoms with Crippen LogP contribution >= 0.6 is 0 Å². The zero-order valence-electron chi connectivity index (χ0n) is 17.0. The first-order chi connectivity index (χ1) is 13.6. The van der Waals surface area contributed by atoms with Crippen molar-refractivity contribution < 1.29 is 4.79 Å². The molecule has 5 nitrogen and oxygen atoms in total. The number of nitrogens with zero attached hydrogens (tertiary/aromatic N) is 4. The van der Waals surface area contributed by atoms with Gasteiger partial charge in [0.2, 0.25) is 5.91 Å². The average Bonchev–Trinajstić information content (AvgIpc) is 3.05. The van der Waals surface area contributed by atoms with E-state index in [1.165, 1.54) is 17.5 Å². The van der Waals surface area contributed by atoms with Crippen molar-refractivity contribution in [2.75, 3.05) is 13.1 Å². The van der Waals surface area contributed by atoms with Crippen LogP contribution in [0.3, 0.4) is 0 Å². The molecule has 3 aromatic rings. The number of hydrogen-bond acceptors (Lipinski definition) is 3. The Balaban J connectivity index is 1.65. The summed E-state index contributed by atoms with van der Waals surface area (Å²) >= 11 is 0. The van der Waals surface area contributed by atoms with E-state index in [1.54, 1.807) is 0 Å². The third-order valence-electron chi connectivity index (χ3n) is 5.87. The summed E-state index contributed by atoms with van der Waals surface area (Å²) in [5.41, 5.74) is 6.27. The summed E-state index contributed by atoms with van der Waals surface area (Å²) in [6.07, 6.45) is 4.81. The third-order valence-corrected chi connectivity index (χ3v) is 5.87. The maximum atomic E-state index is 12.6. The van der Waals surface area contributed by atoms with Gasteiger partial charge < -0.3 is 4.90 Å². The van der Waals surface area contributed by atoms with Gasteiger partial charge in [0, 0.05) is 30.6 Å². The predicted octanol–water partition coefficient (Wildman–Crippen LogP) is 4.29. The maximum Gasteiger partial charge on any atom is 0.222 e. The summed E-state index contributed by atoms with van der Waals surface area (Å²) in [6.45, 7) is 8.05. The number of aromatic nitrogens is 3. The van der Waals surface area contributed by atoms with E-state index in [0.717, 1.165) is 60.5 Å². The van der Waals surface area contributed by atoms with Gasteiger partial charge in [0.1, 0.15) is 0 Å². The van der Waals surface area contributed by atoms with Crippen LogP contribution in [0.4, 0.5) is 0 Å². The summed E-state index contributed by atoms with van der Waals surface area (Å²) in [5.74, 6) is 0.273. The lowest BCUT2D eigenvalue weighted by Crippen LogP contribution is -2.35. The molecule has 5 heteroatoms. The molecule has 1 amide bonds. The number of aryl methyl sites for hydroxylation is 3. The number of amides is 1. The molecule has 1 aliphatic rings. The van der Waals surface area contributed by atoms with Crippen molar-refractivity contribution in [1.82, 2.24) is 19.7 Å². The van der Waals surface area contributed by atoms with E-state index in [9.17, 15) is 4.79 Å². The van der Waals surface area contributed by atoms with Crippen LogP contribution in [0.15, 0.2) is 30.3 Å². The van der Waals surface area contributed by atoms with Crippen molar-refractivity contribution in [3.63, 3.8) is 0 Å². The van der Waals surface area contributed by atoms with Gasteiger partial charge in [-0.2, -0.15) is 5.10 Å². The molecule has 3 heterocycles. The van der Waals surface area contributed by atoms with Gasteiger partial charge in [-0.25, -0.2) is 9.67 Å². The van der Waals surface area contributed by atoms with E-state index in [-0.39, 0.29) is 5.91 Å². The molecule has 1 aromatic carbocycles. The summed E-state index contributed by atoms with van der Waals surface area (Å²) in [4.78, 5) is 19.5. The first-order valence-electron chi connectivity index (χ1n) is 10.2. The Morgan fingerprint density at radius 3 is 2.43 bits per heavy atom. The minimum absolute atomic E-state index is 0.273. The Hall–Kier alpha value is -2.69. The van der Waals surface area contributed by atoms with E-state index < -0.39 is 0 Å². The maximum absolute atomic E-state index is 12.6. The van der Waals surface area contributed by atoms with E-state index in [0.29, 0.717) is 6.42 Å².